The van der Waals surface area contributed by atoms with Crippen LogP contribution in [0.2, 0.25) is 0 Å². The van der Waals surface area contributed by atoms with E-state index in [1.807, 2.05) is 0 Å². The van der Waals surface area contributed by atoms with E-state index >= 15 is 0 Å². The Kier molecular flexibility index (Phi) is 3.81. The van der Waals surface area contributed by atoms with E-state index in [-0.39, 0.29) is 5.41 Å². The Morgan fingerprint density at radius 2 is 1.71 bits per heavy atom. The molecule has 3 nitrogen and oxygen atoms in total. The normalized spacial score (nSPS) is 12.5. The molecule has 0 radical (unpaired) electrons. The lowest BCUT2D eigenvalue weighted by Crippen LogP contribution is -2.12. The van der Waals surface area contributed by atoms with Crippen molar-refractivity contribution in [1.82, 2.24) is 9.97 Å². The second-order valence-corrected chi connectivity index (χ2v) is 10.5. The van der Waals surface area contributed by atoms with Crippen molar-refractivity contribution in [2.24, 2.45) is 0 Å². The summed E-state index contributed by atoms with van der Waals surface area (Å²) in [7, 11) is 0. The second kappa shape index (κ2) is 6.38. The highest BCUT2D eigenvalue weighted by Gasteiger charge is 2.21. The predicted octanol–water partition coefficient (Wildman–Crippen LogP) is 8.02. The van der Waals surface area contributed by atoms with Gasteiger partial charge in [-0.3, -0.25) is 0 Å². The summed E-state index contributed by atoms with van der Waals surface area (Å²) in [6, 6.07) is 19.7. The standard InChI is InChI=1S/C27H22N2OS/c1-15-9-17-11-20-22(13-23(17)31-15)30-26-24(20)25(28-14-29-26)18-10-16-7-5-6-8-19(16)21(12-18)27(2,3)4/h5-14H,1-4H3. The van der Waals surface area contributed by atoms with Crippen LogP contribution < -0.4 is 0 Å². The van der Waals surface area contributed by atoms with Gasteiger partial charge in [-0.25, -0.2) is 9.97 Å². The molecule has 0 aliphatic rings. The summed E-state index contributed by atoms with van der Waals surface area (Å²) in [6.45, 7) is 8.92. The lowest BCUT2D eigenvalue weighted by atomic mass is 9.82. The monoisotopic (exact) mass is 422 g/mol. The van der Waals surface area contributed by atoms with Crippen LogP contribution in [-0.2, 0) is 5.41 Å². The zero-order chi connectivity index (χ0) is 21.3. The molecular formula is C27H22N2OS. The van der Waals surface area contributed by atoms with Crippen LogP contribution in [0.1, 0.15) is 31.2 Å². The molecule has 0 unspecified atom stereocenters. The molecule has 0 N–H and O–H groups in total. The highest BCUT2D eigenvalue weighted by molar-refractivity contribution is 7.19. The first-order valence-electron chi connectivity index (χ1n) is 10.5. The van der Waals surface area contributed by atoms with Crippen molar-refractivity contribution >= 4 is 54.3 Å². The summed E-state index contributed by atoms with van der Waals surface area (Å²) < 4.78 is 7.41. The summed E-state index contributed by atoms with van der Waals surface area (Å²) in [5.41, 5.74) is 4.85. The van der Waals surface area contributed by atoms with Gasteiger partial charge in [0.1, 0.15) is 11.9 Å². The summed E-state index contributed by atoms with van der Waals surface area (Å²) in [6.07, 6.45) is 1.61. The molecule has 0 atom stereocenters. The first-order valence-corrected chi connectivity index (χ1v) is 11.3. The molecule has 3 aromatic heterocycles. The van der Waals surface area contributed by atoms with Crippen LogP contribution in [0.4, 0.5) is 0 Å². The Bertz CT molecular complexity index is 1630. The van der Waals surface area contributed by atoms with Crippen LogP contribution in [0.15, 0.2) is 65.3 Å². The van der Waals surface area contributed by atoms with Gasteiger partial charge >= 0.3 is 0 Å². The van der Waals surface area contributed by atoms with E-state index in [4.69, 9.17) is 9.40 Å². The molecule has 0 fully saturated rings. The van der Waals surface area contributed by atoms with Gasteiger partial charge in [0.2, 0.25) is 5.71 Å². The zero-order valence-electron chi connectivity index (χ0n) is 18.0. The molecule has 31 heavy (non-hydrogen) atoms. The van der Waals surface area contributed by atoms with E-state index in [1.165, 1.54) is 31.3 Å². The van der Waals surface area contributed by atoms with Crippen molar-refractivity contribution in [1.29, 1.82) is 0 Å². The molecule has 0 spiro atoms. The SMILES string of the molecule is Cc1cc2cc3c(cc2s1)oc1ncnc(-c2cc(C(C)(C)C)c4ccccc4c2)c13. The van der Waals surface area contributed by atoms with Crippen LogP contribution in [0.5, 0.6) is 0 Å². The maximum absolute atomic E-state index is 6.17. The van der Waals surface area contributed by atoms with Gasteiger partial charge in [-0.1, -0.05) is 45.0 Å². The van der Waals surface area contributed by atoms with Gasteiger partial charge in [-0.15, -0.1) is 11.3 Å². The van der Waals surface area contributed by atoms with Crippen LogP contribution in [-0.4, -0.2) is 9.97 Å². The number of thiophene rings is 1. The number of aryl methyl sites for hydroxylation is 1. The topological polar surface area (TPSA) is 38.9 Å². The fraction of sp³-hybridized carbons (Fsp3) is 0.185. The Balaban J connectivity index is 1.71. The van der Waals surface area contributed by atoms with E-state index in [1.54, 1.807) is 17.7 Å². The molecule has 6 rings (SSSR count). The van der Waals surface area contributed by atoms with Crippen molar-refractivity contribution in [3.63, 3.8) is 0 Å². The molecule has 0 saturated heterocycles. The van der Waals surface area contributed by atoms with Gasteiger partial charge in [0, 0.05) is 20.5 Å². The summed E-state index contributed by atoms with van der Waals surface area (Å²) in [5, 5.41) is 5.80. The Labute approximate surface area is 184 Å². The van der Waals surface area contributed by atoms with Crippen LogP contribution in [0.25, 0.3) is 54.2 Å². The zero-order valence-corrected chi connectivity index (χ0v) is 18.8. The van der Waals surface area contributed by atoms with Crippen molar-refractivity contribution in [3.05, 3.63) is 71.4 Å². The number of hydrogen-bond acceptors (Lipinski definition) is 4. The Hall–Kier alpha value is -3.24. The first kappa shape index (κ1) is 18.5. The third-order valence-electron chi connectivity index (χ3n) is 5.97. The number of rotatable bonds is 1. The number of benzene rings is 3. The molecule has 0 amide bonds. The molecule has 3 aromatic carbocycles. The summed E-state index contributed by atoms with van der Waals surface area (Å²) in [4.78, 5) is 10.5. The van der Waals surface area contributed by atoms with E-state index in [9.17, 15) is 0 Å². The van der Waals surface area contributed by atoms with Gasteiger partial charge in [0.05, 0.1) is 11.1 Å². The lowest BCUT2D eigenvalue weighted by molar-refractivity contribution is 0.596. The molecule has 0 saturated carbocycles. The molecule has 3 heterocycles. The first-order chi connectivity index (χ1) is 14.9. The minimum Gasteiger partial charge on any atom is -0.438 e. The average Bonchev–Trinajstić information content (AvgIpc) is 3.28. The number of furan rings is 1. The van der Waals surface area contributed by atoms with E-state index in [0.717, 1.165) is 27.6 Å². The van der Waals surface area contributed by atoms with E-state index < -0.39 is 0 Å². The number of nitrogens with zero attached hydrogens (tertiary/aromatic N) is 2. The van der Waals surface area contributed by atoms with Crippen molar-refractivity contribution in [3.8, 4) is 11.3 Å². The van der Waals surface area contributed by atoms with Crippen LogP contribution in [0, 0.1) is 6.92 Å². The highest BCUT2D eigenvalue weighted by atomic mass is 32.1. The van der Waals surface area contributed by atoms with Crippen LogP contribution >= 0.6 is 11.3 Å². The Morgan fingerprint density at radius 3 is 2.55 bits per heavy atom. The molecule has 152 valence electrons. The summed E-state index contributed by atoms with van der Waals surface area (Å²) >= 11 is 1.79. The smallest absolute Gasteiger partial charge is 0.230 e. The predicted molar refractivity (Wildman–Crippen MR) is 131 cm³/mol. The van der Waals surface area contributed by atoms with Gasteiger partial charge < -0.3 is 4.42 Å². The van der Waals surface area contributed by atoms with Gasteiger partial charge in [0.25, 0.3) is 0 Å². The van der Waals surface area contributed by atoms with E-state index in [2.05, 4.69) is 87.3 Å². The Morgan fingerprint density at radius 1 is 0.871 bits per heavy atom. The van der Waals surface area contributed by atoms with Gasteiger partial charge in [-0.05, 0) is 64.4 Å². The van der Waals surface area contributed by atoms with Gasteiger partial charge in [0.15, 0.2) is 0 Å². The fourth-order valence-electron chi connectivity index (χ4n) is 4.56. The molecule has 4 heteroatoms. The number of aromatic nitrogens is 2. The molecule has 0 aliphatic heterocycles. The molecular weight excluding hydrogens is 400 g/mol. The third kappa shape index (κ3) is 2.86. The van der Waals surface area contributed by atoms with Crippen LogP contribution in [0.3, 0.4) is 0 Å². The quantitative estimate of drug-likeness (QED) is 0.269. The van der Waals surface area contributed by atoms with Gasteiger partial charge in [-0.2, -0.15) is 0 Å². The molecule has 0 bridgehead atoms. The second-order valence-electron chi connectivity index (χ2n) is 9.24. The third-order valence-corrected chi connectivity index (χ3v) is 6.99. The minimum atomic E-state index is 0.0145. The highest BCUT2D eigenvalue weighted by Crippen LogP contribution is 2.40. The van der Waals surface area contributed by atoms with E-state index in [0.29, 0.717) is 5.71 Å². The molecule has 6 aromatic rings. The minimum absolute atomic E-state index is 0.0145. The maximum Gasteiger partial charge on any atom is 0.230 e. The van der Waals surface area contributed by atoms with Crippen molar-refractivity contribution in [2.75, 3.05) is 0 Å². The molecule has 0 aliphatic carbocycles. The van der Waals surface area contributed by atoms with Crippen molar-refractivity contribution < 1.29 is 4.42 Å². The maximum atomic E-state index is 6.17. The largest absolute Gasteiger partial charge is 0.438 e. The fourth-order valence-corrected chi connectivity index (χ4v) is 5.50. The number of fused-ring (bicyclic) bond motifs is 5. The average molecular weight is 423 g/mol. The van der Waals surface area contributed by atoms with Crippen molar-refractivity contribution in [2.45, 2.75) is 33.1 Å². The number of hydrogen-bond donors (Lipinski definition) is 0. The summed E-state index contributed by atoms with van der Waals surface area (Å²) in [5.74, 6) is 0. The lowest BCUT2D eigenvalue weighted by Gasteiger charge is -2.22.